The van der Waals surface area contributed by atoms with Gasteiger partial charge in [0.1, 0.15) is 12.4 Å². The van der Waals surface area contributed by atoms with Crippen LogP contribution in [-0.2, 0) is 11.3 Å². The molecule has 0 bridgehead atoms. The Kier molecular flexibility index (Phi) is 6.45. The van der Waals surface area contributed by atoms with Crippen molar-refractivity contribution in [3.8, 4) is 5.75 Å². The molecular formula is C25H26O2. The minimum absolute atomic E-state index is 0.0508. The molecular weight excluding hydrogens is 332 g/mol. The van der Waals surface area contributed by atoms with Gasteiger partial charge in [-0.2, -0.15) is 0 Å². The second kappa shape index (κ2) is 9.20. The van der Waals surface area contributed by atoms with Gasteiger partial charge >= 0.3 is 0 Å². The molecule has 0 aliphatic carbocycles. The van der Waals surface area contributed by atoms with Gasteiger partial charge in [-0.3, -0.25) is 0 Å². The van der Waals surface area contributed by atoms with Crippen molar-refractivity contribution in [2.24, 2.45) is 0 Å². The van der Waals surface area contributed by atoms with Gasteiger partial charge < -0.3 is 9.47 Å². The number of para-hydroxylation sites is 1. The first-order valence-electron chi connectivity index (χ1n) is 9.25. The first-order chi connectivity index (χ1) is 13.2. The van der Waals surface area contributed by atoms with Crippen molar-refractivity contribution in [3.63, 3.8) is 0 Å². The third kappa shape index (κ3) is 4.87. The van der Waals surface area contributed by atoms with Crippen LogP contribution in [0.4, 0.5) is 0 Å². The quantitative estimate of drug-likeness (QED) is 0.447. The molecule has 0 amide bonds. The largest absolute Gasteiger partial charge is 0.488 e. The lowest BCUT2D eigenvalue weighted by molar-refractivity contribution is 0.119. The number of rotatable bonds is 7. The lowest BCUT2D eigenvalue weighted by Gasteiger charge is -2.15. The molecule has 0 aromatic heterocycles. The molecule has 2 heteroatoms. The van der Waals surface area contributed by atoms with Crippen molar-refractivity contribution in [2.45, 2.75) is 26.6 Å². The van der Waals surface area contributed by atoms with E-state index in [2.05, 4.69) is 62.4 Å². The number of ether oxygens (including phenoxy) is 2. The first-order valence-corrected chi connectivity index (χ1v) is 9.25. The standard InChI is InChI=1S/C25H26O2/c1-19(17-22-13-7-8-15-24(22)20(2)26-3)23-14-9-10-16-25(23)27-18-21-11-5-4-6-12-21/h4-17,20H,18H2,1-3H3/b19-17-. The van der Waals surface area contributed by atoms with Gasteiger partial charge in [0.2, 0.25) is 0 Å². The average Bonchev–Trinajstić information content (AvgIpc) is 2.73. The molecule has 0 radical (unpaired) electrons. The van der Waals surface area contributed by atoms with Crippen LogP contribution in [-0.4, -0.2) is 7.11 Å². The van der Waals surface area contributed by atoms with Crippen LogP contribution >= 0.6 is 0 Å². The SMILES string of the molecule is COC(C)c1ccccc1/C=C(/C)c1ccccc1OCc1ccccc1. The van der Waals surface area contributed by atoms with Crippen molar-refractivity contribution in [1.82, 2.24) is 0 Å². The van der Waals surface area contributed by atoms with Crippen LogP contribution in [0, 0.1) is 0 Å². The van der Waals surface area contributed by atoms with Gasteiger partial charge in [-0.05, 0) is 42.2 Å². The molecule has 0 aliphatic heterocycles. The zero-order valence-corrected chi connectivity index (χ0v) is 16.2. The summed E-state index contributed by atoms with van der Waals surface area (Å²) in [6, 6.07) is 26.8. The van der Waals surface area contributed by atoms with Gasteiger partial charge in [0.25, 0.3) is 0 Å². The molecule has 3 aromatic carbocycles. The van der Waals surface area contributed by atoms with E-state index >= 15 is 0 Å². The van der Waals surface area contributed by atoms with E-state index in [1.807, 2.05) is 36.4 Å². The first kappa shape index (κ1) is 18.9. The highest BCUT2D eigenvalue weighted by Gasteiger charge is 2.10. The summed E-state index contributed by atoms with van der Waals surface area (Å²) < 4.78 is 11.6. The third-order valence-corrected chi connectivity index (χ3v) is 4.71. The van der Waals surface area contributed by atoms with Crippen LogP contribution in [0.1, 0.15) is 42.2 Å². The molecule has 2 nitrogen and oxygen atoms in total. The zero-order valence-electron chi connectivity index (χ0n) is 16.2. The minimum Gasteiger partial charge on any atom is -0.488 e. The van der Waals surface area contributed by atoms with Crippen molar-refractivity contribution in [1.29, 1.82) is 0 Å². The Morgan fingerprint density at radius 1 is 0.889 bits per heavy atom. The van der Waals surface area contributed by atoms with Gasteiger partial charge in [-0.15, -0.1) is 0 Å². The third-order valence-electron chi connectivity index (χ3n) is 4.71. The maximum Gasteiger partial charge on any atom is 0.127 e. The molecule has 27 heavy (non-hydrogen) atoms. The Morgan fingerprint density at radius 3 is 2.33 bits per heavy atom. The lowest BCUT2D eigenvalue weighted by Crippen LogP contribution is -1.99. The van der Waals surface area contributed by atoms with E-state index in [9.17, 15) is 0 Å². The summed E-state index contributed by atoms with van der Waals surface area (Å²) in [5.74, 6) is 0.896. The second-order valence-corrected chi connectivity index (χ2v) is 6.60. The van der Waals surface area contributed by atoms with Crippen molar-refractivity contribution in [2.75, 3.05) is 7.11 Å². The monoisotopic (exact) mass is 358 g/mol. The predicted octanol–water partition coefficient (Wildman–Crippen LogP) is 6.53. The molecule has 1 unspecified atom stereocenters. The fraction of sp³-hybridized carbons (Fsp3) is 0.200. The number of hydrogen-bond donors (Lipinski definition) is 0. The molecule has 3 rings (SSSR count). The van der Waals surface area contributed by atoms with Gasteiger partial charge in [-0.1, -0.05) is 78.9 Å². The maximum atomic E-state index is 6.12. The highest BCUT2D eigenvalue weighted by Crippen LogP contribution is 2.30. The van der Waals surface area contributed by atoms with Gasteiger partial charge in [-0.25, -0.2) is 0 Å². The van der Waals surface area contributed by atoms with Gasteiger partial charge in [0, 0.05) is 12.7 Å². The summed E-state index contributed by atoms with van der Waals surface area (Å²) in [5.41, 5.74) is 5.78. The number of allylic oxidation sites excluding steroid dienone is 1. The molecule has 0 aliphatic rings. The van der Waals surface area contributed by atoms with E-state index < -0.39 is 0 Å². The van der Waals surface area contributed by atoms with Crippen LogP contribution < -0.4 is 4.74 Å². The van der Waals surface area contributed by atoms with E-state index in [1.165, 1.54) is 11.1 Å². The van der Waals surface area contributed by atoms with E-state index in [0.29, 0.717) is 6.61 Å². The second-order valence-electron chi connectivity index (χ2n) is 6.60. The Morgan fingerprint density at radius 2 is 1.56 bits per heavy atom. The Balaban J connectivity index is 1.87. The van der Waals surface area contributed by atoms with Crippen molar-refractivity contribution < 1.29 is 9.47 Å². The van der Waals surface area contributed by atoms with Gasteiger partial charge in [0.05, 0.1) is 6.10 Å². The fourth-order valence-electron chi connectivity index (χ4n) is 3.10. The average molecular weight is 358 g/mol. The van der Waals surface area contributed by atoms with Crippen LogP contribution in [0.5, 0.6) is 5.75 Å². The highest BCUT2D eigenvalue weighted by atomic mass is 16.5. The van der Waals surface area contributed by atoms with Crippen molar-refractivity contribution >= 4 is 11.6 Å². The summed E-state index contributed by atoms with van der Waals surface area (Å²) in [6.07, 6.45) is 2.25. The Bertz CT molecular complexity index is 897. The normalized spacial score (nSPS) is 12.6. The molecule has 0 spiro atoms. The van der Waals surface area contributed by atoms with Gasteiger partial charge in [0.15, 0.2) is 0 Å². The highest BCUT2D eigenvalue weighted by molar-refractivity contribution is 5.83. The summed E-state index contributed by atoms with van der Waals surface area (Å²) in [4.78, 5) is 0. The molecule has 0 saturated carbocycles. The van der Waals surface area contributed by atoms with E-state index in [4.69, 9.17) is 9.47 Å². The number of benzene rings is 3. The van der Waals surface area contributed by atoms with Crippen LogP contribution in [0.25, 0.3) is 11.6 Å². The summed E-state index contributed by atoms with van der Waals surface area (Å²) in [6.45, 7) is 4.75. The van der Waals surface area contributed by atoms with Crippen LogP contribution in [0.2, 0.25) is 0 Å². The summed E-state index contributed by atoms with van der Waals surface area (Å²) in [7, 11) is 1.74. The molecule has 0 N–H and O–H groups in total. The molecule has 1 atom stereocenters. The fourth-order valence-corrected chi connectivity index (χ4v) is 3.10. The summed E-state index contributed by atoms with van der Waals surface area (Å²) in [5, 5.41) is 0. The molecule has 138 valence electrons. The number of hydrogen-bond acceptors (Lipinski definition) is 2. The predicted molar refractivity (Wildman–Crippen MR) is 113 cm³/mol. The van der Waals surface area contributed by atoms with E-state index in [0.717, 1.165) is 22.4 Å². The van der Waals surface area contributed by atoms with E-state index in [1.54, 1.807) is 7.11 Å². The molecule has 0 saturated heterocycles. The molecule has 0 heterocycles. The Hall–Kier alpha value is -2.84. The zero-order chi connectivity index (χ0) is 19.1. The topological polar surface area (TPSA) is 18.5 Å². The van der Waals surface area contributed by atoms with E-state index in [-0.39, 0.29) is 6.10 Å². The smallest absolute Gasteiger partial charge is 0.127 e. The molecule has 3 aromatic rings. The number of methoxy groups -OCH3 is 1. The minimum atomic E-state index is 0.0508. The van der Waals surface area contributed by atoms with Crippen molar-refractivity contribution in [3.05, 3.63) is 101 Å². The maximum absolute atomic E-state index is 6.12. The lowest BCUT2D eigenvalue weighted by atomic mass is 9.98. The summed E-state index contributed by atoms with van der Waals surface area (Å²) >= 11 is 0. The Labute approximate surface area is 162 Å². The van der Waals surface area contributed by atoms with Crippen LogP contribution in [0.3, 0.4) is 0 Å². The van der Waals surface area contributed by atoms with Crippen LogP contribution in [0.15, 0.2) is 78.9 Å². The molecule has 0 fully saturated rings.